The summed E-state index contributed by atoms with van der Waals surface area (Å²) in [4.78, 5) is 2.68. The molecule has 1 N–H and O–H groups in total. The monoisotopic (exact) mass is 1080 g/mol. The minimum atomic E-state index is -0.210. The smallest absolute Gasteiger partial charge is 0.252 e. The highest BCUT2D eigenvalue weighted by Gasteiger charge is 2.44. The first-order chi connectivity index (χ1) is 41.3. The van der Waals surface area contributed by atoms with Gasteiger partial charge in [-0.2, -0.15) is 0 Å². The lowest BCUT2D eigenvalue weighted by Gasteiger charge is -2.43. The Kier molecular flexibility index (Phi) is 12.6. The summed E-state index contributed by atoms with van der Waals surface area (Å²) < 4.78 is 2.49. The number of benzene rings is 12. The lowest BCUT2D eigenvalue weighted by molar-refractivity contribution is 0.591. The van der Waals surface area contributed by atoms with Crippen molar-refractivity contribution in [1.29, 1.82) is 0 Å². The van der Waals surface area contributed by atoms with Gasteiger partial charge in [0.1, 0.15) is 0 Å². The fourth-order valence-corrected chi connectivity index (χ4v) is 13.6. The summed E-state index contributed by atoms with van der Waals surface area (Å²) in [5.74, 6) is 0. The maximum atomic E-state index is 4.35. The van der Waals surface area contributed by atoms with Crippen molar-refractivity contribution in [3.05, 3.63) is 284 Å². The first-order valence-corrected chi connectivity index (χ1v) is 29.9. The van der Waals surface area contributed by atoms with Crippen LogP contribution in [0.1, 0.15) is 51.7 Å². The van der Waals surface area contributed by atoms with Crippen LogP contribution < -0.4 is 26.6 Å². The molecule has 3 nitrogen and oxygen atoms in total. The number of nitrogens with one attached hydrogen (secondary N) is 1. The number of aryl methyl sites for hydroxylation is 1. The molecule has 15 rings (SSSR count). The molecule has 84 heavy (non-hydrogen) atoms. The van der Waals surface area contributed by atoms with E-state index in [2.05, 4.69) is 315 Å². The minimum absolute atomic E-state index is 0.151. The molecule has 12 aromatic carbocycles. The van der Waals surface area contributed by atoms with Crippen molar-refractivity contribution in [3.8, 4) is 72.4 Å². The molecule has 13 aromatic rings. The van der Waals surface area contributed by atoms with Crippen LogP contribution in [0.15, 0.2) is 273 Å². The van der Waals surface area contributed by atoms with Gasteiger partial charge in [-0.15, -0.1) is 0 Å². The Hall–Kier alpha value is -9.90. The number of hydrogen-bond acceptors (Lipinski definition) is 2. The second-order valence-electron chi connectivity index (χ2n) is 23.9. The third-order valence-electron chi connectivity index (χ3n) is 17.7. The molecule has 2 aliphatic rings. The number of rotatable bonds is 11. The van der Waals surface area contributed by atoms with Crippen LogP contribution >= 0.6 is 0 Å². The van der Waals surface area contributed by atoms with E-state index < -0.39 is 0 Å². The van der Waals surface area contributed by atoms with Gasteiger partial charge in [0.2, 0.25) is 0 Å². The molecule has 0 amide bonds. The first-order valence-electron chi connectivity index (χ1n) is 29.9. The Morgan fingerprint density at radius 2 is 0.905 bits per heavy atom. The van der Waals surface area contributed by atoms with Gasteiger partial charge < -0.3 is 14.8 Å². The third-order valence-corrected chi connectivity index (χ3v) is 17.7. The van der Waals surface area contributed by atoms with Gasteiger partial charge in [-0.05, 0) is 157 Å². The van der Waals surface area contributed by atoms with Gasteiger partial charge >= 0.3 is 0 Å². The van der Waals surface area contributed by atoms with Gasteiger partial charge in [0.25, 0.3) is 6.71 Å². The number of nitrogens with zero attached hydrogens (tertiary/aromatic N) is 2. The maximum absolute atomic E-state index is 4.35. The minimum Gasteiger partial charge on any atom is -0.356 e. The average Bonchev–Trinajstić information content (AvgIpc) is 0.896. The highest BCUT2D eigenvalue weighted by molar-refractivity contribution is 7.00. The summed E-state index contributed by atoms with van der Waals surface area (Å²) in [5, 5.41) is 6.83. The van der Waals surface area contributed by atoms with E-state index in [0.29, 0.717) is 0 Å². The molecule has 1 aromatic heterocycles. The summed E-state index contributed by atoms with van der Waals surface area (Å²) in [6.45, 7) is 9.25. The Labute approximate surface area is 494 Å². The molecular formula is C80H64BN3. The van der Waals surface area contributed by atoms with Crippen molar-refractivity contribution in [2.45, 2.75) is 52.4 Å². The summed E-state index contributed by atoms with van der Waals surface area (Å²) in [6, 6.07) is 102. The summed E-state index contributed by atoms with van der Waals surface area (Å²) >= 11 is 0. The summed E-state index contributed by atoms with van der Waals surface area (Å²) in [6.07, 6.45) is 3.21. The second-order valence-corrected chi connectivity index (χ2v) is 23.9. The average molecular weight is 1080 g/mol. The largest absolute Gasteiger partial charge is 0.356 e. The number of aromatic nitrogens is 1. The molecule has 402 valence electrons. The Balaban J connectivity index is 1.09. The molecule has 0 fully saturated rings. The van der Waals surface area contributed by atoms with Gasteiger partial charge in [0.05, 0.1) is 16.7 Å². The van der Waals surface area contributed by atoms with E-state index in [1.807, 2.05) is 0 Å². The molecule has 4 heteroatoms. The van der Waals surface area contributed by atoms with E-state index in [-0.39, 0.29) is 12.1 Å². The predicted octanol–water partition coefficient (Wildman–Crippen LogP) is 19.8. The zero-order valence-corrected chi connectivity index (χ0v) is 48.1. The molecule has 0 atom stereocenters. The lowest BCUT2D eigenvalue weighted by atomic mass is 9.33. The molecular weight excluding hydrogens is 1010 g/mol. The van der Waals surface area contributed by atoms with Crippen LogP contribution in [-0.2, 0) is 11.8 Å². The Morgan fingerprint density at radius 1 is 0.405 bits per heavy atom. The summed E-state index contributed by atoms with van der Waals surface area (Å²) in [5.41, 5.74) is 29.8. The number of fused-ring (bicyclic) bond motifs is 7. The van der Waals surface area contributed by atoms with Crippen molar-refractivity contribution in [2.75, 3.05) is 10.2 Å². The van der Waals surface area contributed by atoms with Crippen LogP contribution in [0, 0.1) is 0 Å². The van der Waals surface area contributed by atoms with Crippen LogP contribution in [0.5, 0.6) is 0 Å². The van der Waals surface area contributed by atoms with E-state index in [4.69, 9.17) is 0 Å². The van der Waals surface area contributed by atoms with Gasteiger partial charge in [0.15, 0.2) is 0 Å². The first kappa shape index (κ1) is 51.0. The molecule has 0 aliphatic carbocycles. The van der Waals surface area contributed by atoms with Crippen molar-refractivity contribution in [3.63, 3.8) is 0 Å². The zero-order chi connectivity index (χ0) is 56.5. The van der Waals surface area contributed by atoms with Crippen LogP contribution in [0.2, 0.25) is 0 Å². The highest BCUT2D eigenvalue weighted by Crippen LogP contribution is 2.52. The fraction of sp³-hybridized carbons (Fsp3) is 0.100. The van der Waals surface area contributed by atoms with Gasteiger partial charge in [-0.3, -0.25) is 0 Å². The van der Waals surface area contributed by atoms with Crippen LogP contribution in [0.4, 0.5) is 28.4 Å². The Bertz CT molecular complexity index is 4520. The molecule has 0 radical (unpaired) electrons. The Morgan fingerprint density at radius 3 is 1.46 bits per heavy atom. The zero-order valence-electron chi connectivity index (χ0n) is 48.1. The van der Waals surface area contributed by atoms with Crippen LogP contribution in [0.25, 0.3) is 94.3 Å². The molecule has 2 aliphatic heterocycles. The predicted molar refractivity (Wildman–Crippen MR) is 360 cm³/mol. The van der Waals surface area contributed by atoms with E-state index >= 15 is 0 Å². The van der Waals surface area contributed by atoms with Crippen LogP contribution in [-0.4, -0.2) is 11.3 Å². The van der Waals surface area contributed by atoms with Crippen molar-refractivity contribution < 1.29 is 0 Å². The van der Waals surface area contributed by atoms with Gasteiger partial charge in [0, 0.05) is 55.9 Å². The maximum Gasteiger partial charge on any atom is 0.252 e. The molecule has 0 saturated heterocycles. The summed E-state index contributed by atoms with van der Waals surface area (Å²) in [7, 11) is 0. The molecule has 0 unspecified atom stereocenters. The molecule has 0 saturated carbocycles. The molecule has 3 heterocycles. The number of para-hydroxylation sites is 2. The van der Waals surface area contributed by atoms with Gasteiger partial charge in [-0.1, -0.05) is 246 Å². The van der Waals surface area contributed by atoms with E-state index in [1.165, 1.54) is 105 Å². The second kappa shape index (κ2) is 20.8. The fourth-order valence-electron chi connectivity index (χ4n) is 13.6. The topological polar surface area (TPSA) is 20.2 Å². The molecule has 0 bridgehead atoms. The SMILES string of the molecule is CCCCc1ccc(-c2ccccc2)cc1-c1cc(-c2ccccc2)cc2c1Nc1cc(C(C)(C)C)cc3c1B2c1ccc(-n2c4ccccc4c4ccccc42)cc1N3c1c(-c2ccccc2)cc(-c2ccccc2)cc1-c1ccccc1. The molecule has 0 spiro atoms. The van der Waals surface area contributed by atoms with Gasteiger partial charge in [-0.25, -0.2) is 0 Å². The standard InChI is InChI=1S/C80H64BN3/c1-5-6-26-58-41-42-59(53-27-12-7-13-28-53)45-66(58)69-48-61(55-31-16-9-17-32-55)49-71-78(69)82-72-50-62(80(2,3)4)51-76-77(72)81(71)70-44-43-63(83-73-39-24-22-37-64(73)65-38-23-25-40-74(65)83)52-75(70)84(76)79-67(56-33-18-10-19-34-56)46-60(54-29-14-8-15-30-54)47-68(79)57-35-20-11-21-36-57/h7-25,27-52,82H,5-6,26H2,1-4H3. The third kappa shape index (κ3) is 8.75. The van der Waals surface area contributed by atoms with Crippen LogP contribution in [0.3, 0.4) is 0 Å². The van der Waals surface area contributed by atoms with E-state index in [1.54, 1.807) is 0 Å². The van der Waals surface area contributed by atoms with E-state index in [0.717, 1.165) is 64.3 Å². The van der Waals surface area contributed by atoms with Crippen molar-refractivity contribution in [1.82, 2.24) is 4.57 Å². The highest BCUT2D eigenvalue weighted by atomic mass is 15.2. The van der Waals surface area contributed by atoms with Crippen molar-refractivity contribution >= 4 is 73.3 Å². The number of unbranched alkanes of at least 4 members (excludes halogenated alkanes) is 1. The number of anilines is 5. The van der Waals surface area contributed by atoms with Crippen molar-refractivity contribution in [2.24, 2.45) is 0 Å². The number of hydrogen-bond donors (Lipinski definition) is 1. The quantitative estimate of drug-likeness (QED) is 0.130. The normalized spacial score (nSPS) is 12.5. The lowest BCUT2D eigenvalue weighted by Crippen LogP contribution is -2.60. The van der Waals surface area contributed by atoms with E-state index in [9.17, 15) is 0 Å².